The number of carbonyl (C=O) groups excluding carboxylic acids is 1. The van der Waals surface area contributed by atoms with Crippen molar-refractivity contribution < 1.29 is 13.9 Å². The van der Waals surface area contributed by atoms with Crippen molar-refractivity contribution in [2.24, 2.45) is 0 Å². The Labute approximate surface area is 127 Å². The van der Waals surface area contributed by atoms with Crippen LogP contribution < -0.4 is 10.6 Å². The number of thiocarbonyl (C=S) groups is 1. The standard InChI is InChI=1S/C14H15N3O3S/c1-19-14(18)17-13(21)16-12-9(4-2-6-11(12)15)8-10-5-3-7-20-10/h2-7,12,15H,8H2,1H3,(H2,16,17,18,21). The van der Waals surface area contributed by atoms with Gasteiger partial charge in [-0.25, -0.2) is 4.79 Å². The van der Waals surface area contributed by atoms with Crippen LogP contribution in [0.4, 0.5) is 4.79 Å². The molecule has 6 nitrogen and oxygen atoms in total. The van der Waals surface area contributed by atoms with Gasteiger partial charge < -0.3 is 19.9 Å². The van der Waals surface area contributed by atoms with Gasteiger partial charge in [0.15, 0.2) is 5.11 Å². The number of amides is 1. The zero-order chi connectivity index (χ0) is 15.2. The van der Waals surface area contributed by atoms with E-state index in [1.165, 1.54) is 7.11 Å². The summed E-state index contributed by atoms with van der Waals surface area (Å²) in [6, 6.07) is 3.26. The second-order valence-electron chi connectivity index (χ2n) is 4.34. The maximum atomic E-state index is 11.1. The fraction of sp³-hybridized carbons (Fsp3) is 0.214. The lowest BCUT2D eigenvalue weighted by Crippen LogP contribution is -2.48. The summed E-state index contributed by atoms with van der Waals surface area (Å²) >= 11 is 5.04. The van der Waals surface area contributed by atoms with E-state index in [1.54, 1.807) is 18.4 Å². The molecule has 0 spiro atoms. The van der Waals surface area contributed by atoms with Crippen molar-refractivity contribution in [3.05, 3.63) is 48.0 Å². The summed E-state index contributed by atoms with van der Waals surface area (Å²) in [5, 5.41) is 13.4. The Kier molecular flexibility index (Phi) is 4.89. The Morgan fingerprint density at radius 3 is 3.05 bits per heavy atom. The quantitative estimate of drug-likeness (QED) is 0.743. The van der Waals surface area contributed by atoms with Gasteiger partial charge in [0.05, 0.1) is 25.1 Å². The minimum Gasteiger partial charge on any atom is -0.469 e. The van der Waals surface area contributed by atoms with Crippen LogP contribution in [0, 0.1) is 5.41 Å². The lowest BCUT2D eigenvalue weighted by Gasteiger charge is -2.24. The van der Waals surface area contributed by atoms with Gasteiger partial charge in [-0.3, -0.25) is 5.32 Å². The molecule has 2 rings (SSSR count). The van der Waals surface area contributed by atoms with Crippen LogP contribution in [0.2, 0.25) is 0 Å². The minimum absolute atomic E-state index is 0.109. The molecule has 1 unspecified atom stereocenters. The molecule has 0 saturated carbocycles. The summed E-state index contributed by atoms with van der Waals surface area (Å²) in [5.41, 5.74) is 1.28. The summed E-state index contributed by atoms with van der Waals surface area (Å²) in [4.78, 5) is 11.1. The van der Waals surface area contributed by atoms with Gasteiger partial charge in [-0.2, -0.15) is 0 Å². The molecule has 3 N–H and O–H groups in total. The molecule has 0 radical (unpaired) electrons. The van der Waals surface area contributed by atoms with Gasteiger partial charge in [0.1, 0.15) is 5.76 Å². The third-order valence-corrected chi connectivity index (χ3v) is 3.12. The van der Waals surface area contributed by atoms with E-state index in [1.807, 2.05) is 18.2 Å². The van der Waals surface area contributed by atoms with Gasteiger partial charge in [-0.15, -0.1) is 0 Å². The van der Waals surface area contributed by atoms with Crippen LogP contribution in [0.3, 0.4) is 0 Å². The second kappa shape index (κ2) is 6.85. The molecule has 1 heterocycles. The zero-order valence-electron chi connectivity index (χ0n) is 11.4. The third kappa shape index (κ3) is 4.03. The molecule has 1 atom stereocenters. The van der Waals surface area contributed by atoms with Crippen molar-refractivity contribution in [1.29, 1.82) is 5.41 Å². The maximum absolute atomic E-state index is 11.1. The lowest BCUT2D eigenvalue weighted by molar-refractivity contribution is 0.176. The number of hydrogen-bond donors (Lipinski definition) is 3. The third-order valence-electron chi connectivity index (χ3n) is 2.90. The number of alkyl carbamates (subject to hydrolysis) is 1. The van der Waals surface area contributed by atoms with E-state index < -0.39 is 12.1 Å². The number of methoxy groups -OCH3 is 1. The van der Waals surface area contributed by atoms with Crippen molar-refractivity contribution in [3.63, 3.8) is 0 Å². The highest BCUT2D eigenvalue weighted by Crippen LogP contribution is 2.17. The Balaban J connectivity index is 2.06. The maximum Gasteiger partial charge on any atom is 0.413 e. The monoisotopic (exact) mass is 305 g/mol. The molecule has 1 aliphatic rings. The van der Waals surface area contributed by atoms with E-state index in [-0.39, 0.29) is 5.11 Å². The van der Waals surface area contributed by atoms with Crippen LogP contribution in [-0.4, -0.2) is 30.1 Å². The number of ether oxygens (including phenoxy) is 1. The van der Waals surface area contributed by atoms with Crippen molar-refractivity contribution in [2.45, 2.75) is 12.5 Å². The number of hydrogen-bond acceptors (Lipinski definition) is 5. The summed E-state index contributed by atoms with van der Waals surface area (Å²) in [5.74, 6) is 0.794. The lowest BCUT2D eigenvalue weighted by atomic mass is 9.94. The van der Waals surface area contributed by atoms with Gasteiger partial charge in [0, 0.05) is 6.42 Å². The van der Waals surface area contributed by atoms with E-state index in [4.69, 9.17) is 22.0 Å². The van der Waals surface area contributed by atoms with Crippen LogP contribution in [0.15, 0.2) is 46.6 Å². The fourth-order valence-corrected chi connectivity index (χ4v) is 2.13. The molecule has 1 aromatic heterocycles. The van der Waals surface area contributed by atoms with Crippen molar-refractivity contribution >= 4 is 29.1 Å². The van der Waals surface area contributed by atoms with Crippen LogP contribution in [0.25, 0.3) is 0 Å². The van der Waals surface area contributed by atoms with E-state index in [2.05, 4.69) is 15.4 Å². The molecule has 0 fully saturated rings. The molecular formula is C14H15N3O3S. The summed E-state index contributed by atoms with van der Waals surface area (Å²) in [6.07, 6.45) is 6.88. The molecule has 0 saturated heterocycles. The number of rotatable bonds is 3. The Bertz CT molecular complexity index is 605. The molecule has 0 aliphatic heterocycles. The first-order chi connectivity index (χ1) is 10.1. The van der Waals surface area contributed by atoms with Crippen LogP contribution >= 0.6 is 12.2 Å². The smallest absolute Gasteiger partial charge is 0.413 e. The average Bonchev–Trinajstić information content (AvgIpc) is 2.95. The average molecular weight is 305 g/mol. The van der Waals surface area contributed by atoms with Gasteiger partial charge in [0.2, 0.25) is 0 Å². The van der Waals surface area contributed by atoms with Gasteiger partial charge in [-0.1, -0.05) is 12.2 Å². The van der Waals surface area contributed by atoms with E-state index >= 15 is 0 Å². The summed E-state index contributed by atoms with van der Waals surface area (Å²) in [7, 11) is 1.26. The number of nitrogens with one attached hydrogen (secondary N) is 3. The molecule has 1 amide bonds. The SMILES string of the molecule is COC(=O)NC(=S)NC1C(=N)C=CC=C1Cc1ccco1. The van der Waals surface area contributed by atoms with Gasteiger partial charge in [0.25, 0.3) is 0 Å². The highest BCUT2D eigenvalue weighted by Gasteiger charge is 2.22. The molecule has 21 heavy (non-hydrogen) atoms. The topological polar surface area (TPSA) is 87.4 Å². The second-order valence-corrected chi connectivity index (χ2v) is 4.74. The van der Waals surface area contributed by atoms with Crippen LogP contribution in [0.5, 0.6) is 0 Å². The molecule has 110 valence electrons. The van der Waals surface area contributed by atoms with Crippen molar-refractivity contribution in [3.8, 4) is 0 Å². The van der Waals surface area contributed by atoms with Gasteiger partial charge >= 0.3 is 6.09 Å². The van der Waals surface area contributed by atoms with Crippen LogP contribution in [-0.2, 0) is 11.2 Å². The first-order valence-corrected chi connectivity index (χ1v) is 6.64. The predicted octanol–water partition coefficient (Wildman–Crippen LogP) is 1.94. The highest BCUT2D eigenvalue weighted by molar-refractivity contribution is 7.80. The van der Waals surface area contributed by atoms with Gasteiger partial charge in [-0.05, 0) is 36.0 Å². The molecular weight excluding hydrogens is 290 g/mol. The molecule has 0 aromatic carbocycles. The van der Waals surface area contributed by atoms with Crippen molar-refractivity contribution in [2.75, 3.05) is 7.11 Å². The Morgan fingerprint density at radius 1 is 1.57 bits per heavy atom. The first kappa shape index (κ1) is 15.0. The van der Waals surface area contributed by atoms with E-state index in [0.29, 0.717) is 12.1 Å². The number of allylic oxidation sites excluding steroid dienone is 2. The van der Waals surface area contributed by atoms with Crippen molar-refractivity contribution in [1.82, 2.24) is 10.6 Å². The Hall–Kier alpha value is -2.41. The summed E-state index contributed by atoms with van der Waals surface area (Å²) < 4.78 is 9.80. The molecule has 1 aliphatic carbocycles. The number of furan rings is 1. The normalized spacial score (nSPS) is 17.1. The first-order valence-electron chi connectivity index (χ1n) is 6.23. The summed E-state index contributed by atoms with van der Waals surface area (Å²) in [6.45, 7) is 0. The zero-order valence-corrected chi connectivity index (χ0v) is 12.2. The molecule has 1 aromatic rings. The minimum atomic E-state index is -0.651. The Morgan fingerprint density at radius 2 is 2.38 bits per heavy atom. The van der Waals surface area contributed by atoms with Crippen LogP contribution in [0.1, 0.15) is 5.76 Å². The molecule has 7 heteroatoms. The predicted molar refractivity (Wildman–Crippen MR) is 82.4 cm³/mol. The van der Waals surface area contributed by atoms with E-state index in [9.17, 15) is 4.79 Å². The molecule has 0 bridgehead atoms. The highest BCUT2D eigenvalue weighted by atomic mass is 32.1. The number of carbonyl (C=O) groups is 1. The fourth-order valence-electron chi connectivity index (χ4n) is 1.92. The van der Waals surface area contributed by atoms with E-state index in [0.717, 1.165) is 11.3 Å². The largest absolute Gasteiger partial charge is 0.469 e.